The molecule has 6 atom stereocenters. The predicted octanol–water partition coefficient (Wildman–Crippen LogP) is 2.18. The fraction of sp³-hybridized carbons (Fsp3) is 0.391. The second kappa shape index (κ2) is 9.51. The first-order valence-corrected chi connectivity index (χ1v) is 10.8. The molecule has 3 aliphatic rings. The summed E-state index contributed by atoms with van der Waals surface area (Å²) in [6.07, 6.45) is -4.82. The van der Waals surface area contributed by atoms with Crippen LogP contribution >= 0.6 is 0 Å². The van der Waals surface area contributed by atoms with Gasteiger partial charge in [-0.15, -0.1) is 0 Å². The van der Waals surface area contributed by atoms with Crippen LogP contribution in [0.1, 0.15) is 32.6 Å². The Kier molecular flexibility index (Phi) is 6.29. The first-order valence-electron chi connectivity index (χ1n) is 10.8. The lowest BCUT2D eigenvalue weighted by Crippen LogP contribution is -2.67. The van der Waals surface area contributed by atoms with E-state index in [-0.39, 0.29) is 30.9 Å². The second-order valence-corrected chi connectivity index (χ2v) is 8.05. The zero-order valence-corrected chi connectivity index (χ0v) is 18.0. The Labute approximate surface area is 194 Å². The number of imide groups is 1. The van der Waals surface area contributed by atoms with Crippen molar-refractivity contribution in [2.75, 3.05) is 19.8 Å². The van der Waals surface area contributed by atoms with Crippen LogP contribution in [0.15, 0.2) is 59.7 Å². The highest BCUT2D eigenvalue weighted by atomic mass is 16.7. The van der Waals surface area contributed by atoms with E-state index in [2.05, 4.69) is 10.0 Å². The highest BCUT2D eigenvalue weighted by Gasteiger charge is 2.55. The number of fused-ring (bicyclic) bond motifs is 2. The van der Waals surface area contributed by atoms with Crippen LogP contribution in [0.4, 0.5) is 0 Å². The van der Waals surface area contributed by atoms with Crippen LogP contribution in [-0.4, -0.2) is 72.2 Å². The number of nitrogens with zero attached hydrogens (tertiary/aromatic N) is 4. The van der Waals surface area contributed by atoms with E-state index in [1.807, 2.05) is 30.3 Å². The summed E-state index contributed by atoms with van der Waals surface area (Å²) in [4.78, 5) is 30.0. The molecule has 0 spiro atoms. The van der Waals surface area contributed by atoms with Crippen molar-refractivity contribution in [3.8, 4) is 0 Å². The first kappa shape index (κ1) is 22.5. The van der Waals surface area contributed by atoms with Gasteiger partial charge < -0.3 is 24.1 Å². The molecule has 2 fully saturated rings. The fourth-order valence-electron chi connectivity index (χ4n) is 4.50. The maximum Gasteiger partial charge on any atom is 0.262 e. The Bertz CT molecular complexity index is 1090. The van der Waals surface area contributed by atoms with Gasteiger partial charge in [0, 0.05) is 17.0 Å². The summed E-state index contributed by atoms with van der Waals surface area (Å²) in [6, 6.07) is 14.5. The fourth-order valence-corrected chi connectivity index (χ4v) is 4.50. The largest absolute Gasteiger partial charge is 0.388 e. The van der Waals surface area contributed by atoms with Gasteiger partial charge in [0.25, 0.3) is 11.8 Å². The van der Waals surface area contributed by atoms with Gasteiger partial charge in [-0.05, 0) is 17.7 Å². The summed E-state index contributed by atoms with van der Waals surface area (Å²) >= 11 is 0. The van der Waals surface area contributed by atoms with Crippen LogP contribution in [0.5, 0.6) is 0 Å². The Morgan fingerprint density at radius 3 is 2.41 bits per heavy atom. The van der Waals surface area contributed by atoms with Gasteiger partial charge in [-0.1, -0.05) is 47.6 Å². The molecule has 0 bridgehead atoms. The molecule has 1 N–H and O–H groups in total. The molecule has 2 amide bonds. The van der Waals surface area contributed by atoms with Gasteiger partial charge in [0.2, 0.25) is 0 Å². The molecule has 3 heterocycles. The predicted molar refractivity (Wildman–Crippen MR) is 115 cm³/mol. The Morgan fingerprint density at radius 1 is 1.06 bits per heavy atom. The Balaban J connectivity index is 1.44. The maximum absolute atomic E-state index is 13.2. The summed E-state index contributed by atoms with van der Waals surface area (Å²) in [5.41, 5.74) is 9.76. The third kappa shape index (κ3) is 3.94. The van der Waals surface area contributed by atoms with Gasteiger partial charge in [-0.3, -0.25) is 14.5 Å². The zero-order valence-electron chi connectivity index (χ0n) is 18.0. The number of aliphatic hydroxyl groups excluding tert-OH is 1. The van der Waals surface area contributed by atoms with Gasteiger partial charge in [0.05, 0.1) is 24.3 Å². The van der Waals surface area contributed by atoms with E-state index in [0.717, 1.165) is 10.5 Å². The van der Waals surface area contributed by atoms with Crippen molar-refractivity contribution in [3.05, 3.63) is 81.7 Å². The van der Waals surface area contributed by atoms with Crippen LogP contribution < -0.4 is 0 Å². The standard InChI is InChI=1S/C23H22N4O7/c24-26-25-10-11-31-23-17(27-20(29)14-8-4-5-9-15(14)21(27)30)18(28)19-16(33-23)12-32-22(34-19)13-6-2-1-3-7-13/h1-9,16-19,22-23,28H,10-12H2/t16?,17?,18?,19-,22?,23-/m1/s1. The Hall–Kier alpha value is -3.31. The number of benzene rings is 2. The molecule has 3 aliphatic heterocycles. The molecule has 2 aromatic carbocycles. The summed E-state index contributed by atoms with van der Waals surface area (Å²) in [5, 5.41) is 14.8. The Morgan fingerprint density at radius 2 is 1.74 bits per heavy atom. The quantitative estimate of drug-likeness (QED) is 0.226. The highest BCUT2D eigenvalue weighted by molar-refractivity contribution is 6.21. The average molecular weight is 466 g/mol. The molecule has 2 aromatic rings. The highest BCUT2D eigenvalue weighted by Crippen LogP contribution is 2.38. The number of hydrogen-bond donors (Lipinski definition) is 1. The van der Waals surface area contributed by atoms with Gasteiger partial charge in [-0.25, -0.2) is 0 Å². The topological polar surface area (TPSA) is 143 Å². The lowest BCUT2D eigenvalue weighted by Gasteiger charge is -2.49. The lowest BCUT2D eigenvalue weighted by molar-refractivity contribution is -0.348. The summed E-state index contributed by atoms with van der Waals surface area (Å²) in [7, 11) is 0. The van der Waals surface area contributed by atoms with Crippen LogP contribution in [0.3, 0.4) is 0 Å². The minimum atomic E-state index is -1.32. The monoisotopic (exact) mass is 466 g/mol. The van der Waals surface area contributed by atoms with Crippen molar-refractivity contribution < 1.29 is 33.6 Å². The van der Waals surface area contributed by atoms with Crippen LogP contribution in [0, 0.1) is 0 Å². The first-order chi connectivity index (χ1) is 16.6. The molecular weight excluding hydrogens is 444 g/mol. The number of carbonyl (C=O) groups is 2. The average Bonchev–Trinajstić information content (AvgIpc) is 3.12. The molecule has 0 radical (unpaired) electrons. The maximum atomic E-state index is 13.2. The number of azide groups is 1. The van der Waals surface area contributed by atoms with E-state index in [0.29, 0.717) is 0 Å². The smallest absolute Gasteiger partial charge is 0.262 e. The number of aliphatic hydroxyl groups is 1. The summed E-state index contributed by atoms with van der Waals surface area (Å²) < 4.78 is 23.6. The summed E-state index contributed by atoms with van der Waals surface area (Å²) in [6.45, 7) is 0.0810. The van der Waals surface area contributed by atoms with Gasteiger partial charge >= 0.3 is 0 Å². The van der Waals surface area contributed by atoms with Crippen LogP contribution in [0.25, 0.3) is 10.4 Å². The van der Waals surface area contributed by atoms with E-state index in [1.165, 1.54) is 0 Å². The number of hydrogen-bond acceptors (Lipinski definition) is 8. The van der Waals surface area contributed by atoms with E-state index < -0.39 is 48.7 Å². The molecule has 34 heavy (non-hydrogen) atoms. The second-order valence-electron chi connectivity index (χ2n) is 8.05. The van der Waals surface area contributed by atoms with Crippen molar-refractivity contribution in [1.82, 2.24) is 4.90 Å². The van der Waals surface area contributed by atoms with Crippen LogP contribution in [0.2, 0.25) is 0 Å². The van der Waals surface area contributed by atoms with Crippen molar-refractivity contribution in [3.63, 3.8) is 0 Å². The van der Waals surface area contributed by atoms with Crippen LogP contribution in [-0.2, 0) is 18.9 Å². The number of amides is 2. The van der Waals surface area contributed by atoms with Crippen molar-refractivity contribution in [2.24, 2.45) is 5.11 Å². The molecule has 176 valence electrons. The third-order valence-electron chi connectivity index (χ3n) is 6.07. The molecule has 11 heteroatoms. The van der Waals surface area contributed by atoms with E-state index in [4.69, 9.17) is 24.5 Å². The van der Waals surface area contributed by atoms with E-state index in [1.54, 1.807) is 24.3 Å². The lowest BCUT2D eigenvalue weighted by atomic mass is 9.94. The number of carbonyl (C=O) groups excluding carboxylic acids is 2. The third-order valence-corrected chi connectivity index (χ3v) is 6.07. The molecule has 5 rings (SSSR count). The molecule has 0 saturated carbocycles. The normalized spacial score (nSPS) is 30.4. The minimum Gasteiger partial charge on any atom is -0.388 e. The van der Waals surface area contributed by atoms with Gasteiger partial charge in [-0.2, -0.15) is 0 Å². The SMILES string of the molecule is [N-]=[N+]=NCCO[C@@H]1OC2COC(c3ccccc3)O[C@H]2C(O)C1N1C(=O)c2ccccc2C1=O. The zero-order chi connectivity index (χ0) is 23.7. The number of ether oxygens (including phenoxy) is 4. The van der Waals surface area contributed by atoms with Gasteiger partial charge in [0.1, 0.15) is 24.4 Å². The molecule has 11 nitrogen and oxygen atoms in total. The van der Waals surface area contributed by atoms with E-state index in [9.17, 15) is 14.7 Å². The van der Waals surface area contributed by atoms with E-state index >= 15 is 0 Å². The van der Waals surface area contributed by atoms with Crippen molar-refractivity contribution in [2.45, 2.75) is 36.9 Å². The minimum absolute atomic E-state index is 0.0124. The van der Waals surface area contributed by atoms with Crippen molar-refractivity contribution in [1.29, 1.82) is 0 Å². The molecule has 0 aromatic heterocycles. The molecule has 0 aliphatic carbocycles. The summed E-state index contributed by atoms with van der Waals surface area (Å²) in [5.74, 6) is -1.11. The molecule has 4 unspecified atom stereocenters. The molecule has 2 saturated heterocycles. The number of rotatable bonds is 6. The molecular formula is C23H22N4O7. The van der Waals surface area contributed by atoms with Crippen molar-refractivity contribution >= 4 is 11.8 Å². The van der Waals surface area contributed by atoms with Gasteiger partial charge in [0.15, 0.2) is 12.6 Å².